The van der Waals surface area contributed by atoms with Crippen LogP contribution in [-0.4, -0.2) is 31.2 Å². The summed E-state index contributed by atoms with van der Waals surface area (Å²) in [6.07, 6.45) is 3.47. The van der Waals surface area contributed by atoms with E-state index in [2.05, 4.69) is 19.6 Å². The molecule has 0 aromatic carbocycles. The van der Waals surface area contributed by atoms with Crippen molar-refractivity contribution in [2.45, 2.75) is 30.6 Å². The molecule has 1 heterocycles. The number of epoxide rings is 1. The van der Waals surface area contributed by atoms with Crippen molar-refractivity contribution in [3.63, 3.8) is 0 Å². The maximum absolute atomic E-state index is 5.37. The topological polar surface area (TPSA) is 21.8 Å². The molecule has 2 unspecified atom stereocenters. The minimum Gasteiger partial charge on any atom is -0.379 e. The normalized spacial score (nSPS) is 24.0. The summed E-state index contributed by atoms with van der Waals surface area (Å²) in [4.78, 5) is 0. The summed E-state index contributed by atoms with van der Waals surface area (Å²) in [5.41, 5.74) is 0. The van der Waals surface area contributed by atoms with Gasteiger partial charge in [-0.15, -0.1) is 0 Å². The third-order valence-corrected chi connectivity index (χ3v) is 2.38. The molecule has 0 N–H and O–H groups in total. The van der Waals surface area contributed by atoms with Crippen LogP contribution < -0.4 is 0 Å². The predicted molar refractivity (Wildman–Crippen MR) is 52.5 cm³/mol. The zero-order valence-corrected chi connectivity index (χ0v) is 8.26. The zero-order chi connectivity index (χ0) is 8.81. The number of hydrogen-bond acceptors (Lipinski definition) is 3. The highest BCUT2D eigenvalue weighted by Crippen LogP contribution is 2.10. The lowest BCUT2D eigenvalue weighted by molar-refractivity contribution is 0.113. The van der Waals surface area contributed by atoms with Gasteiger partial charge in [0.15, 0.2) is 0 Å². The molecule has 1 fully saturated rings. The summed E-state index contributed by atoms with van der Waals surface area (Å²) >= 11 is 4.34. The van der Waals surface area contributed by atoms with E-state index in [4.69, 9.17) is 9.47 Å². The molecule has 1 saturated heterocycles. The van der Waals surface area contributed by atoms with Crippen molar-refractivity contribution in [1.29, 1.82) is 0 Å². The van der Waals surface area contributed by atoms with Crippen molar-refractivity contribution < 1.29 is 9.47 Å². The van der Waals surface area contributed by atoms with Gasteiger partial charge in [0.2, 0.25) is 0 Å². The van der Waals surface area contributed by atoms with Crippen LogP contribution in [0.5, 0.6) is 0 Å². The van der Waals surface area contributed by atoms with E-state index in [1.807, 2.05) is 0 Å². The molecule has 2 nitrogen and oxygen atoms in total. The van der Waals surface area contributed by atoms with Crippen LogP contribution in [0, 0.1) is 6.92 Å². The second kappa shape index (κ2) is 5.84. The molecule has 0 aliphatic carbocycles. The Balaban J connectivity index is 1.75. The largest absolute Gasteiger partial charge is 0.379 e. The van der Waals surface area contributed by atoms with E-state index in [1.165, 1.54) is 0 Å². The molecule has 0 bridgehead atoms. The summed E-state index contributed by atoms with van der Waals surface area (Å²) < 4.78 is 10.4. The molecular formula is C9H17O2S. The number of hydrogen-bond donors (Lipinski definition) is 1. The fraction of sp³-hybridized carbons (Fsp3) is 0.889. The Bertz CT molecular complexity index is 115. The first-order valence-electron chi connectivity index (χ1n) is 4.49. The highest BCUT2D eigenvalue weighted by molar-refractivity contribution is 7.80. The van der Waals surface area contributed by atoms with Crippen LogP contribution in [-0.2, 0) is 9.47 Å². The molecule has 0 aromatic heterocycles. The first-order valence-corrected chi connectivity index (χ1v) is 5.01. The third-order valence-electron chi connectivity index (χ3n) is 1.87. The Hall–Kier alpha value is 0.270. The fourth-order valence-electron chi connectivity index (χ4n) is 0.944. The molecule has 1 rings (SSSR count). The van der Waals surface area contributed by atoms with Gasteiger partial charge < -0.3 is 9.47 Å². The quantitative estimate of drug-likeness (QED) is 0.374. The molecule has 12 heavy (non-hydrogen) atoms. The first-order chi connectivity index (χ1) is 5.83. The predicted octanol–water partition coefficient (Wildman–Crippen LogP) is 1.70. The van der Waals surface area contributed by atoms with Gasteiger partial charge in [-0.05, 0) is 19.3 Å². The van der Waals surface area contributed by atoms with Gasteiger partial charge in [-0.25, -0.2) is 0 Å². The van der Waals surface area contributed by atoms with Gasteiger partial charge in [0, 0.05) is 11.9 Å². The highest BCUT2D eigenvalue weighted by Gasteiger charge is 2.21. The second-order valence-electron chi connectivity index (χ2n) is 3.11. The van der Waals surface area contributed by atoms with E-state index < -0.39 is 0 Å². The van der Waals surface area contributed by atoms with Gasteiger partial charge in [0.1, 0.15) is 6.10 Å². The number of ether oxygens (including phenoxy) is 2. The van der Waals surface area contributed by atoms with Gasteiger partial charge in [0.25, 0.3) is 0 Å². The van der Waals surface area contributed by atoms with Gasteiger partial charge in [-0.3, -0.25) is 0 Å². The molecule has 71 valence electrons. The zero-order valence-electron chi connectivity index (χ0n) is 7.37. The smallest absolute Gasteiger partial charge is 0.104 e. The Kier molecular flexibility index (Phi) is 5.04. The maximum atomic E-state index is 5.37. The summed E-state index contributed by atoms with van der Waals surface area (Å²) in [6, 6.07) is 0. The number of thiol groups is 1. The maximum Gasteiger partial charge on any atom is 0.104 e. The molecule has 2 atom stereocenters. The lowest BCUT2D eigenvalue weighted by atomic mass is 10.2. The van der Waals surface area contributed by atoms with Crippen LogP contribution in [0.15, 0.2) is 0 Å². The van der Waals surface area contributed by atoms with Crippen LogP contribution in [0.3, 0.4) is 0 Å². The molecule has 1 aliphatic rings. The van der Waals surface area contributed by atoms with Gasteiger partial charge in [-0.2, -0.15) is 12.6 Å². The molecule has 0 amide bonds. The van der Waals surface area contributed by atoms with Crippen LogP contribution in [0.25, 0.3) is 0 Å². The number of rotatable bonds is 7. The second-order valence-corrected chi connectivity index (χ2v) is 3.85. The van der Waals surface area contributed by atoms with Crippen molar-refractivity contribution in [3.8, 4) is 0 Å². The van der Waals surface area contributed by atoms with E-state index in [1.54, 1.807) is 0 Å². The van der Waals surface area contributed by atoms with Crippen molar-refractivity contribution >= 4 is 12.6 Å². The summed E-state index contributed by atoms with van der Waals surface area (Å²) in [5.74, 6) is 0. The average molecular weight is 189 g/mol. The highest BCUT2D eigenvalue weighted by atomic mass is 32.1. The van der Waals surface area contributed by atoms with Crippen LogP contribution in [0.4, 0.5) is 0 Å². The van der Waals surface area contributed by atoms with E-state index in [0.29, 0.717) is 11.4 Å². The van der Waals surface area contributed by atoms with Crippen molar-refractivity contribution in [2.24, 2.45) is 0 Å². The molecule has 0 aromatic rings. The Morgan fingerprint density at radius 2 is 2.42 bits per heavy atom. The molecule has 1 aliphatic heterocycles. The minimum atomic E-state index is 0.393. The van der Waals surface area contributed by atoms with Gasteiger partial charge >= 0.3 is 0 Å². The van der Waals surface area contributed by atoms with E-state index in [0.717, 1.165) is 39.1 Å². The van der Waals surface area contributed by atoms with Crippen molar-refractivity contribution in [1.82, 2.24) is 0 Å². The molecule has 0 saturated carbocycles. The fourth-order valence-corrected chi connectivity index (χ4v) is 1.13. The lowest BCUT2D eigenvalue weighted by Gasteiger charge is -2.06. The Labute approximate surface area is 80.0 Å². The lowest BCUT2D eigenvalue weighted by Crippen LogP contribution is -2.05. The first kappa shape index (κ1) is 10.4. The molecule has 0 spiro atoms. The minimum absolute atomic E-state index is 0.393. The summed E-state index contributed by atoms with van der Waals surface area (Å²) in [6.45, 7) is 6.26. The van der Waals surface area contributed by atoms with E-state index in [-0.39, 0.29) is 0 Å². The molecular weight excluding hydrogens is 172 g/mol. The van der Waals surface area contributed by atoms with Gasteiger partial charge in [-0.1, -0.05) is 6.92 Å². The van der Waals surface area contributed by atoms with Crippen LogP contribution in [0.1, 0.15) is 19.3 Å². The Morgan fingerprint density at radius 1 is 1.67 bits per heavy atom. The summed E-state index contributed by atoms with van der Waals surface area (Å²) in [5, 5.41) is 0.436. The molecule has 3 heteroatoms. The molecule has 1 radical (unpaired) electrons. The van der Waals surface area contributed by atoms with E-state index >= 15 is 0 Å². The SMILES string of the molecule is [CH2]CC(S)CCCOCC1CO1. The standard InChI is InChI=1S/C9H17O2S/c1-2-9(12)4-3-5-10-6-8-7-11-8/h8-9,12H,1-7H2. The average Bonchev–Trinajstić information content (AvgIpc) is 2.87. The Morgan fingerprint density at radius 3 is 3.00 bits per heavy atom. The van der Waals surface area contributed by atoms with E-state index in [9.17, 15) is 0 Å². The van der Waals surface area contributed by atoms with Crippen molar-refractivity contribution in [3.05, 3.63) is 6.92 Å². The summed E-state index contributed by atoms with van der Waals surface area (Å²) in [7, 11) is 0. The monoisotopic (exact) mass is 189 g/mol. The van der Waals surface area contributed by atoms with Crippen LogP contribution in [0.2, 0.25) is 0 Å². The van der Waals surface area contributed by atoms with Gasteiger partial charge in [0.05, 0.1) is 13.2 Å². The third kappa shape index (κ3) is 5.01. The van der Waals surface area contributed by atoms with Crippen LogP contribution >= 0.6 is 12.6 Å². The van der Waals surface area contributed by atoms with Crippen molar-refractivity contribution in [2.75, 3.05) is 19.8 Å².